The lowest BCUT2D eigenvalue weighted by molar-refractivity contribution is 0.122. The van der Waals surface area contributed by atoms with E-state index >= 15 is 0 Å². The Morgan fingerprint density at radius 2 is 2.27 bits per heavy atom. The van der Waals surface area contributed by atoms with Crippen LogP contribution in [0, 0.1) is 0 Å². The highest BCUT2D eigenvalue weighted by Crippen LogP contribution is 2.29. The van der Waals surface area contributed by atoms with E-state index in [-0.39, 0.29) is 11.7 Å². The van der Waals surface area contributed by atoms with Crippen molar-refractivity contribution in [2.75, 3.05) is 0 Å². The van der Waals surface area contributed by atoms with E-state index in [1.165, 1.54) is 0 Å². The molecule has 0 aromatic carbocycles. The highest BCUT2D eigenvalue weighted by molar-refractivity contribution is 5.02. The Bertz CT molecular complexity index is 399. The number of alkyl halides is 2. The molecule has 84 valence electrons. The number of nitrogens with zero attached hydrogens (tertiary/aromatic N) is 1. The number of nitrogens with one attached hydrogen (secondary N) is 1. The summed E-state index contributed by atoms with van der Waals surface area (Å²) in [5.41, 5.74) is -0.893. The summed E-state index contributed by atoms with van der Waals surface area (Å²) in [6.45, 7) is 0. The number of aromatic amines is 1. The lowest BCUT2D eigenvalue weighted by Gasteiger charge is -2.14. The molecule has 1 heterocycles. The van der Waals surface area contributed by atoms with Crippen molar-refractivity contribution >= 4 is 0 Å². The summed E-state index contributed by atoms with van der Waals surface area (Å²) in [6.07, 6.45) is -1.24. The minimum absolute atomic E-state index is 0.384. The molecule has 0 spiro atoms. The van der Waals surface area contributed by atoms with Crippen LogP contribution in [0.1, 0.15) is 37.4 Å². The Balaban J connectivity index is 2.32. The number of aliphatic hydroxyl groups is 1. The van der Waals surface area contributed by atoms with Gasteiger partial charge in [-0.3, -0.25) is 9.89 Å². The lowest BCUT2D eigenvalue weighted by Crippen LogP contribution is -2.27. The Morgan fingerprint density at radius 1 is 1.53 bits per heavy atom. The highest BCUT2D eigenvalue weighted by Gasteiger charge is 2.29. The maximum Gasteiger partial charge on any atom is 0.279 e. The van der Waals surface area contributed by atoms with Crippen LogP contribution in [0.4, 0.5) is 8.78 Å². The van der Waals surface area contributed by atoms with Gasteiger partial charge in [-0.2, -0.15) is 0 Å². The Labute approximate surface area is 84.5 Å². The molecule has 2 N–H and O–H groups in total. The number of hydrogen-bond donors (Lipinski definition) is 2. The maximum atomic E-state index is 12.3. The predicted molar refractivity (Wildman–Crippen MR) is 48.9 cm³/mol. The quantitative estimate of drug-likeness (QED) is 0.783. The molecule has 0 aliphatic heterocycles. The zero-order valence-electron chi connectivity index (χ0n) is 7.99. The third-order valence-electron chi connectivity index (χ3n) is 2.78. The number of halogens is 2. The zero-order valence-corrected chi connectivity index (χ0v) is 7.99. The first-order valence-corrected chi connectivity index (χ1v) is 4.87. The molecular weight excluding hydrogens is 206 g/mol. The van der Waals surface area contributed by atoms with Crippen molar-refractivity contribution < 1.29 is 13.9 Å². The topological polar surface area (TPSA) is 58.0 Å². The summed E-state index contributed by atoms with van der Waals surface area (Å²) in [7, 11) is 0. The predicted octanol–water partition coefficient (Wildman–Crippen LogP) is 1.20. The molecule has 1 fully saturated rings. The first-order chi connectivity index (χ1) is 7.09. The largest absolute Gasteiger partial charge is 0.391 e. The summed E-state index contributed by atoms with van der Waals surface area (Å²) < 4.78 is 25.7. The van der Waals surface area contributed by atoms with Gasteiger partial charge in [0.15, 0.2) is 0 Å². The van der Waals surface area contributed by atoms with Gasteiger partial charge >= 0.3 is 0 Å². The number of rotatable bonds is 2. The Kier molecular flexibility index (Phi) is 2.60. The SMILES string of the molecule is O=c1cc(C(F)F)[nH]n1C1CCCC1O. The fraction of sp³-hybridized carbons (Fsp3) is 0.667. The molecule has 2 rings (SSSR count). The molecule has 0 saturated heterocycles. The third kappa shape index (κ3) is 1.81. The van der Waals surface area contributed by atoms with Gasteiger partial charge in [-0.25, -0.2) is 13.5 Å². The van der Waals surface area contributed by atoms with E-state index in [9.17, 15) is 18.7 Å². The molecule has 1 saturated carbocycles. The molecule has 2 unspecified atom stereocenters. The van der Waals surface area contributed by atoms with Crippen LogP contribution in [0.5, 0.6) is 0 Å². The molecule has 1 aromatic rings. The summed E-state index contributed by atoms with van der Waals surface area (Å²) in [4.78, 5) is 11.4. The van der Waals surface area contributed by atoms with Crippen molar-refractivity contribution in [2.45, 2.75) is 37.8 Å². The van der Waals surface area contributed by atoms with Crippen molar-refractivity contribution in [2.24, 2.45) is 0 Å². The number of aliphatic hydroxyl groups excluding tert-OH is 1. The molecule has 1 aromatic heterocycles. The number of aromatic nitrogens is 2. The third-order valence-corrected chi connectivity index (χ3v) is 2.78. The van der Waals surface area contributed by atoms with Gasteiger partial charge < -0.3 is 5.11 Å². The van der Waals surface area contributed by atoms with Crippen LogP contribution >= 0.6 is 0 Å². The van der Waals surface area contributed by atoms with Gasteiger partial charge in [0.2, 0.25) is 0 Å². The van der Waals surface area contributed by atoms with E-state index in [0.29, 0.717) is 12.8 Å². The van der Waals surface area contributed by atoms with E-state index < -0.39 is 18.1 Å². The Morgan fingerprint density at radius 3 is 2.73 bits per heavy atom. The standard InChI is InChI=1S/C9H12F2N2O2/c10-9(11)5-4-8(15)13(12-5)6-2-1-3-7(6)14/h4,6-7,9,12,14H,1-3H2. The minimum Gasteiger partial charge on any atom is -0.391 e. The average Bonchev–Trinajstić information content (AvgIpc) is 2.71. The van der Waals surface area contributed by atoms with Crippen LogP contribution in [0.25, 0.3) is 0 Å². The van der Waals surface area contributed by atoms with E-state index in [0.717, 1.165) is 17.2 Å². The van der Waals surface area contributed by atoms with Gasteiger partial charge in [-0.1, -0.05) is 0 Å². The van der Waals surface area contributed by atoms with Gasteiger partial charge in [0.05, 0.1) is 12.1 Å². The second kappa shape index (κ2) is 3.77. The van der Waals surface area contributed by atoms with E-state index in [4.69, 9.17) is 0 Å². The average molecular weight is 218 g/mol. The molecule has 0 radical (unpaired) electrons. The molecule has 15 heavy (non-hydrogen) atoms. The second-order valence-corrected chi connectivity index (χ2v) is 3.79. The zero-order chi connectivity index (χ0) is 11.0. The molecule has 1 aliphatic rings. The van der Waals surface area contributed by atoms with E-state index in [1.54, 1.807) is 0 Å². The molecule has 4 nitrogen and oxygen atoms in total. The monoisotopic (exact) mass is 218 g/mol. The molecule has 1 aliphatic carbocycles. The fourth-order valence-electron chi connectivity index (χ4n) is 2.01. The summed E-state index contributed by atoms with van der Waals surface area (Å²) in [6, 6.07) is 0.500. The van der Waals surface area contributed by atoms with Crippen LogP contribution < -0.4 is 5.56 Å². The van der Waals surface area contributed by atoms with Crippen molar-refractivity contribution in [1.29, 1.82) is 0 Å². The molecule has 6 heteroatoms. The van der Waals surface area contributed by atoms with Gasteiger partial charge in [0.25, 0.3) is 12.0 Å². The van der Waals surface area contributed by atoms with Crippen molar-refractivity contribution in [1.82, 2.24) is 9.78 Å². The van der Waals surface area contributed by atoms with E-state index in [2.05, 4.69) is 5.10 Å². The Hall–Kier alpha value is -1.17. The lowest BCUT2D eigenvalue weighted by atomic mass is 10.2. The minimum atomic E-state index is -2.68. The summed E-state index contributed by atoms with van der Waals surface area (Å²) >= 11 is 0. The van der Waals surface area contributed by atoms with E-state index in [1.807, 2.05) is 0 Å². The maximum absolute atomic E-state index is 12.3. The van der Waals surface area contributed by atoms with Crippen molar-refractivity contribution in [3.8, 4) is 0 Å². The normalized spacial score (nSPS) is 26.4. The smallest absolute Gasteiger partial charge is 0.279 e. The first-order valence-electron chi connectivity index (χ1n) is 4.87. The van der Waals surface area contributed by atoms with Gasteiger partial charge in [0.1, 0.15) is 5.69 Å². The summed E-state index contributed by atoms with van der Waals surface area (Å²) in [5, 5.41) is 11.9. The number of H-pyrrole nitrogens is 1. The van der Waals surface area contributed by atoms with Crippen LogP contribution in [-0.2, 0) is 0 Å². The molecular formula is C9H12F2N2O2. The summed E-state index contributed by atoms with van der Waals surface area (Å²) in [5.74, 6) is 0. The van der Waals surface area contributed by atoms with Crippen LogP contribution in [-0.4, -0.2) is 21.0 Å². The van der Waals surface area contributed by atoms with Gasteiger partial charge in [0, 0.05) is 6.07 Å². The fourth-order valence-corrected chi connectivity index (χ4v) is 2.01. The molecule has 0 amide bonds. The van der Waals surface area contributed by atoms with Gasteiger partial charge in [-0.15, -0.1) is 0 Å². The number of hydrogen-bond acceptors (Lipinski definition) is 2. The van der Waals surface area contributed by atoms with Crippen LogP contribution in [0.15, 0.2) is 10.9 Å². The van der Waals surface area contributed by atoms with Crippen molar-refractivity contribution in [3.63, 3.8) is 0 Å². The first kappa shape index (κ1) is 10.4. The van der Waals surface area contributed by atoms with Crippen LogP contribution in [0.3, 0.4) is 0 Å². The van der Waals surface area contributed by atoms with Crippen LogP contribution in [0.2, 0.25) is 0 Å². The molecule has 0 bridgehead atoms. The molecule has 2 atom stereocenters. The highest BCUT2D eigenvalue weighted by atomic mass is 19.3. The van der Waals surface area contributed by atoms with Crippen molar-refractivity contribution in [3.05, 3.63) is 22.1 Å². The van der Waals surface area contributed by atoms with Gasteiger partial charge in [-0.05, 0) is 19.3 Å². The second-order valence-electron chi connectivity index (χ2n) is 3.79.